The molecule has 0 spiro atoms. The molecule has 30 heteroatoms. The van der Waals surface area contributed by atoms with Gasteiger partial charge in [-0.3, -0.25) is 4.52 Å². The van der Waals surface area contributed by atoms with Crippen molar-refractivity contribution in [3.05, 3.63) is 0 Å². The van der Waals surface area contributed by atoms with Gasteiger partial charge in [0, 0.05) is 12.8 Å². The lowest BCUT2D eigenvalue weighted by molar-refractivity contribution is -0.484. The number of phosphoric acid groups is 1. The van der Waals surface area contributed by atoms with Gasteiger partial charge in [-0.25, -0.2) is 0 Å². The summed E-state index contributed by atoms with van der Waals surface area (Å²) in [6.45, 7) is 0. The molecule has 0 bridgehead atoms. The van der Waals surface area contributed by atoms with E-state index in [4.69, 9.17) is 0 Å². The van der Waals surface area contributed by atoms with Crippen LogP contribution in [0.2, 0.25) is 0 Å². The molecule has 0 saturated carbocycles. The minimum absolute atomic E-state index is 1.37. The molecule has 0 radical (unpaired) electrons. The molecule has 0 N–H and O–H groups in total. The molecular weight excluding hydrogens is 738 g/mol. The van der Waals surface area contributed by atoms with E-state index in [1.165, 1.54) is 4.52 Å². The Morgan fingerprint density at radius 1 is 0.386 bits per heavy atom. The summed E-state index contributed by atoms with van der Waals surface area (Å²) in [5, 5.41) is 0. The van der Waals surface area contributed by atoms with E-state index in [1.54, 1.807) is 0 Å². The lowest BCUT2D eigenvalue weighted by atomic mass is 9.85. The van der Waals surface area contributed by atoms with Gasteiger partial charge in [0.15, 0.2) is 0 Å². The molecule has 44 heavy (non-hydrogen) atoms. The average molecular weight is 742 g/mol. The fourth-order valence-electron chi connectivity index (χ4n) is 2.45. The van der Waals surface area contributed by atoms with Crippen molar-refractivity contribution in [3.63, 3.8) is 0 Å². The van der Waals surface area contributed by atoms with Gasteiger partial charge in [0.1, 0.15) is 0 Å². The second-order valence-electron chi connectivity index (χ2n) is 8.04. The highest BCUT2D eigenvalue weighted by Gasteiger charge is 2.98. The SMILES string of the molecule is O=P([O-])([O-])OC(F)(F)C(F)(F)C(F)(F)C(F)(F)C(F)(F)C(F)(F)C(F)(F)C(F)(F)C(F)(F)C(F)(F)C(F)(F)CCC(F)(F)F. The summed E-state index contributed by atoms with van der Waals surface area (Å²) in [4.78, 5) is 19.8. The summed E-state index contributed by atoms with van der Waals surface area (Å²) >= 11 is 0. The van der Waals surface area contributed by atoms with Crippen LogP contribution in [-0.2, 0) is 9.09 Å². The van der Waals surface area contributed by atoms with E-state index >= 15 is 0 Å². The maximum atomic E-state index is 13.7. The summed E-state index contributed by atoms with van der Waals surface area (Å²) in [7, 11) is -7.83. The first kappa shape index (κ1) is 42.4. The highest BCUT2D eigenvalue weighted by molar-refractivity contribution is 7.43. The van der Waals surface area contributed by atoms with Gasteiger partial charge in [0.2, 0.25) is 0 Å². The average Bonchev–Trinajstić information content (AvgIpc) is 2.74. The van der Waals surface area contributed by atoms with E-state index in [1.807, 2.05) is 0 Å². The van der Waals surface area contributed by atoms with Gasteiger partial charge in [-0.2, -0.15) is 110 Å². The van der Waals surface area contributed by atoms with Gasteiger partial charge in [-0.15, -0.1) is 0 Å². The van der Waals surface area contributed by atoms with E-state index < -0.39 is 92.2 Å². The third-order valence-electron chi connectivity index (χ3n) is 4.93. The topological polar surface area (TPSA) is 72.4 Å². The molecule has 0 heterocycles. The molecule has 0 atom stereocenters. The number of hydrogen-bond donors (Lipinski definition) is 0. The Hall–Kier alpha value is -1.64. The zero-order valence-corrected chi connectivity index (χ0v) is 19.8. The standard InChI is InChI=1S/C14H6F25O4P/c15-3(16,1-2-4(17,18)19)5(20,21)6(22,23)7(24,25)8(26,27)9(28,29)10(30,31)11(32,33)12(34,35)13(36,37)14(38,39)43-44(40,41)42/h1-2H2,(H2,40,41,42)/p-2. The first-order chi connectivity index (χ1) is 18.4. The normalized spacial score (nSPS) is 16.9. The Morgan fingerprint density at radius 3 is 0.841 bits per heavy atom. The molecular formula is C14H4F25O4P-2. The largest absolute Gasteiger partial charge is 0.790 e. The molecule has 266 valence electrons. The first-order valence-electron chi connectivity index (χ1n) is 9.37. The predicted molar refractivity (Wildman–Crippen MR) is 78.4 cm³/mol. The van der Waals surface area contributed by atoms with E-state index in [0.29, 0.717) is 0 Å². The lowest BCUT2D eigenvalue weighted by Gasteiger charge is -2.46. The Morgan fingerprint density at radius 2 is 0.614 bits per heavy atom. The van der Waals surface area contributed by atoms with Crippen molar-refractivity contribution in [2.75, 3.05) is 0 Å². The van der Waals surface area contributed by atoms with Crippen molar-refractivity contribution in [1.82, 2.24) is 0 Å². The minimum Gasteiger partial charge on any atom is -0.790 e. The van der Waals surface area contributed by atoms with Crippen LogP contribution in [0.1, 0.15) is 12.8 Å². The van der Waals surface area contributed by atoms with Crippen LogP contribution in [0.25, 0.3) is 0 Å². The fourth-order valence-corrected chi connectivity index (χ4v) is 2.84. The number of alkyl halides is 25. The van der Waals surface area contributed by atoms with Crippen molar-refractivity contribution < 1.29 is 129 Å². The van der Waals surface area contributed by atoms with Crippen LogP contribution in [0.3, 0.4) is 0 Å². The van der Waals surface area contributed by atoms with Crippen molar-refractivity contribution in [1.29, 1.82) is 0 Å². The van der Waals surface area contributed by atoms with Crippen LogP contribution in [0, 0.1) is 0 Å². The third kappa shape index (κ3) is 6.09. The van der Waals surface area contributed by atoms with Gasteiger partial charge < -0.3 is 14.4 Å². The number of phosphoric ester groups is 1. The summed E-state index contributed by atoms with van der Waals surface area (Å²) < 4.78 is 343. The summed E-state index contributed by atoms with van der Waals surface area (Å²) in [6, 6.07) is 0. The van der Waals surface area contributed by atoms with Crippen LogP contribution in [0.4, 0.5) is 110 Å². The minimum atomic E-state index is -9.66. The highest BCUT2D eigenvalue weighted by atomic mass is 31.2. The molecule has 0 unspecified atom stereocenters. The molecule has 0 aliphatic heterocycles. The van der Waals surface area contributed by atoms with Crippen LogP contribution in [0.5, 0.6) is 0 Å². The Balaban J connectivity index is 7.21. The quantitative estimate of drug-likeness (QED) is 0.141. The van der Waals surface area contributed by atoms with E-state index in [9.17, 15) is 124 Å². The summed E-state index contributed by atoms with van der Waals surface area (Å²) in [5.41, 5.74) is 0. The van der Waals surface area contributed by atoms with Crippen molar-refractivity contribution >= 4 is 7.82 Å². The zero-order chi connectivity index (χ0) is 36.6. The lowest BCUT2D eigenvalue weighted by Crippen LogP contribution is -2.77. The predicted octanol–water partition coefficient (Wildman–Crippen LogP) is 7.12. The smallest absolute Gasteiger partial charge is 0.429 e. The zero-order valence-electron chi connectivity index (χ0n) is 18.9. The number of halogens is 25. The Kier molecular flexibility index (Phi) is 10.3. The molecule has 0 fully saturated rings. The molecule has 0 aromatic heterocycles. The number of hydrogen-bond acceptors (Lipinski definition) is 4. The third-order valence-corrected chi connectivity index (χ3v) is 5.38. The van der Waals surface area contributed by atoms with E-state index in [2.05, 4.69) is 0 Å². The molecule has 0 aliphatic carbocycles. The highest BCUT2D eigenvalue weighted by Crippen LogP contribution is 2.67. The van der Waals surface area contributed by atoms with Gasteiger partial charge in [-0.05, 0) is 0 Å². The molecule has 4 nitrogen and oxygen atoms in total. The summed E-state index contributed by atoms with van der Waals surface area (Å²) in [6.07, 6.45) is -21.3. The number of rotatable bonds is 14. The van der Waals surface area contributed by atoms with Crippen molar-refractivity contribution in [3.8, 4) is 0 Å². The molecule has 0 aliphatic rings. The second-order valence-corrected chi connectivity index (χ2v) is 9.12. The van der Waals surface area contributed by atoms with E-state index in [0.717, 1.165) is 0 Å². The van der Waals surface area contributed by atoms with Crippen molar-refractivity contribution in [2.24, 2.45) is 0 Å². The molecule has 0 aromatic rings. The van der Waals surface area contributed by atoms with Gasteiger partial charge in [-0.1, -0.05) is 0 Å². The molecule has 0 saturated heterocycles. The summed E-state index contributed by atoms with van der Waals surface area (Å²) in [5.74, 6) is -90.8. The van der Waals surface area contributed by atoms with Crippen LogP contribution in [-0.4, -0.2) is 71.5 Å². The fraction of sp³-hybridized carbons (Fsp3) is 1.00. The maximum Gasteiger partial charge on any atom is 0.429 e. The Labute approximate surface area is 222 Å². The monoisotopic (exact) mass is 742 g/mol. The second kappa shape index (κ2) is 10.7. The van der Waals surface area contributed by atoms with Crippen LogP contribution < -0.4 is 9.79 Å². The van der Waals surface area contributed by atoms with E-state index in [-0.39, 0.29) is 0 Å². The first-order valence-corrected chi connectivity index (χ1v) is 10.8. The van der Waals surface area contributed by atoms with Gasteiger partial charge in [0.25, 0.3) is 0 Å². The van der Waals surface area contributed by atoms with Crippen LogP contribution >= 0.6 is 7.82 Å². The maximum absolute atomic E-state index is 13.7. The Bertz CT molecular complexity index is 1090. The van der Waals surface area contributed by atoms with Crippen LogP contribution in [0.15, 0.2) is 0 Å². The molecule has 0 amide bonds. The van der Waals surface area contributed by atoms with Crippen molar-refractivity contribution in [2.45, 2.75) is 84.4 Å². The van der Waals surface area contributed by atoms with Gasteiger partial charge >= 0.3 is 71.5 Å². The van der Waals surface area contributed by atoms with Gasteiger partial charge in [0.05, 0.1) is 7.82 Å². The molecule has 0 aromatic carbocycles. The molecule has 0 rings (SSSR count).